The van der Waals surface area contributed by atoms with Gasteiger partial charge < -0.3 is 14.0 Å². The molecule has 11 heteroatoms. The third-order valence-corrected chi connectivity index (χ3v) is 7.46. The normalized spacial score (nSPS) is 22.2. The van der Waals surface area contributed by atoms with Crippen molar-refractivity contribution in [1.29, 1.82) is 0 Å². The van der Waals surface area contributed by atoms with Gasteiger partial charge in [-0.05, 0) is 41.6 Å². The Balaban J connectivity index is 1.07. The highest BCUT2D eigenvalue weighted by molar-refractivity contribution is 7.13. The molecule has 5 heterocycles. The Morgan fingerprint density at radius 2 is 2.03 bits per heavy atom. The van der Waals surface area contributed by atoms with Gasteiger partial charge in [0.1, 0.15) is 12.9 Å². The minimum absolute atomic E-state index is 0.175. The van der Waals surface area contributed by atoms with Crippen molar-refractivity contribution in [3.63, 3.8) is 0 Å². The van der Waals surface area contributed by atoms with Gasteiger partial charge in [0.25, 0.3) is 5.56 Å². The molecule has 0 amide bonds. The predicted molar refractivity (Wildman–Crippen MR) is 118 cm³/mol. The molecule has 1 aliphatic heterocycles. The lowest BCUT2D eigenvalue weighted by molar-refractivity contribution is 0.363. The van der Waals surface area contributed by atoms with Crippen molar-refractivity contribution in [2.45, 2.75) is 12.5 Å². The van der Waals surface area contributed by atoms with Crippen LogP contribution in [0.1, 0.15) is 17.6 Å². The average molecular weight is 446 g/mol. The van der Waals surface area contributed by atoms with Crippen LogP contribution in [0.2, 0.25) is 0 Å². The fraction of sp³-hybridized carbons (Fsp3) is 0.333. The van der Waals surface area contributed by atoms with Gasteiger partial charge in [0.2, 0.25) is 5.89 Å². The first kappa shape index (κ1) is 18.0. The zero-order chi connectivity index (χ0) is 21.4. The molecule has 1 saturated carbocycles. The molecule has 3 atom stereocenters. The van der Waals surface area contributed by atoms with E-state index in [1.807, 2.05) is 6.20 Å². The molecule has 1 aliphatic carbocycles. The second-order valence-electron chi connectivity index (χ2n) is 8.56. The molecule has 0 radical (unpaired) electrons. The maximum atomic E-state index is 12.7. The molecule has 2 fully saturated rings. The Morgan fingerprint density at radius 3 is 2.91 bits per heavy atom. The first-order chi connectivity index (χ1) is 15.7. The summed E-state index contributed by atoms with van der Waals surface area (Å²) in [6, 6.07) is 6.54. The van der Waals surface area contributed by atoms with Crippen molar-refractivity contribution in [1.82, 2.24) is 33.6 Å². The summed E-state index contributed by atoms with van der Waals surface area (Å²) >= 11 is 1.53. The minimum atomic E-state index is -0.175. The summed E-state index contributed by atoms with van der Waals surface area (Å²) in [5.74, 6) is 2.56. The van der Waals surface area contributed by atoms with Gasteiger partial charge in [-0.15, -0.1) is 0 Å². The largest absolute Gasteiger partial charge is 0.371 e. The van der Waals surface area contributed by atoms with Crippen molar-refractivity contribution in [2.24, 2.45) is 18.9 Å². The van der Waals surface area contributed by atoms with Crippen LogP contribution in [0.4, 0.5) is 5.69 Å². The van der Waals surface area contributed by atoms with E-state index in [1.54, 1.807) is 17.9 Å². The fourth-order valence-electron chi connectivity index (χ4n) is 4.97. The maximum Gasteiger partial charge on any atom is 0.280 e. The van der Waals surface area contributed by atoms with Crippen molar-refractivity contribution in [3.05, 3.63) is 59.1 Å². The van der Waals surface area contributed by atoms with Gasteiger partial charge >= 0.3 is 0 Å². The molecule has 1 aromatic carbocycles. The number of benzene rings is 1. The number of rotatable bonds is 4. The van der Waals surface area contributed by atoms with Crippen LogP contribution in [-0.2, 0) is 13.6 Å². The van der Waals surface area contributed by atoms with E-state index in [9.17, 15) is 4.79 Å². The van der Waals surface area contributed by atoms with Gasteiger partial charge in [0, 0.05) is 43.3 Å². The molecular formula is C21H18N8O2S. The van der Waals surface area contributed by atoms with Crippen LogP contribution in [0, 0.1) is 11.8 Å². The number of aryl methyl sites for hydroxylation is 1. The van der Waals surface area contributed by atoms with E-state index in [1.165, 1.54) is 38.2 Å². The van der Waals surface area contributed by atoms with Crippen molar-refractivity contribution < 1.29 is 4.52 Å². The Hall–Kier alpha value is -3.60. The number of anilines is 1. The lowest BCUT2D eigenvalue weighted by Gasteiger charge is -2.21. The van der Waals surface area contributed by atoms with Gasteiger partial charge in [0.15, 0.2) is 17.0 Å². The first-order valence-electron chi connectivity index (χ1n) is 10.4. The Kier molecular flexibility index (Phi) is 3.63. The zero-order valence-electron chi connectivity index (χ0n) is 17.1. The summed E-state index contributed by atoms with van der Waals surface area (Å²) in [7, 11) is 1.78. The van der Waals surface area contributed by atoms with Crippen molar-refractivity contribution in [2.75, 3.05) is 18.0 Å². The van der Waals surface area contributed by atoms with Crippen LogP contribution in [0.15, 0.2) is 46.4 Å². The first-order valence-corrected chi connectivity index (χ1v) is 11.2. The van der Waals surface area contributed by atoms with Gasteiger partial charge in [-0.3, -0.25) is 9.36 Å². The van der Waals surface area contributed by atoms with Crippen LogP contribution >= 0.6 is 11.5 Å². The standard InChI is InChI=1S/C21H18N8O2S/c1-27-9-22-20-18(27)21(30)29(10-23-20)8-16-25-19(26-31-16)17-13-6-28(7-14(13)17)12-2-3-15-11(4-12)5-24-32-15/h2-5,9-10,13-14,17H,6-8H2,1H3/t13-,14?,17?/m0/s1. The van der Waals surface area contributed by atoms with E-state index >= 15 is 0 Å². The number of nitrogens with zero attached hydrogens (tertiary/aromatic N) is 8. The molecule has 5 aromatic rings. The van der Waals surface area contributed by atoms with Crippen LogP contribution in [0.3, 0.4) is 0 Å². The monoisotopic (exact) mass is 446 g/mol. The number of hydrogen-bond donors (Lipinski definition) is 0. The highest BCUT2D eigenvalue weighted by atomic mass is 32.1. The lowest BCUT2D eigenvalue weighted by atomic mass is 10.2. The summed E-state index contributed by atoms with van der Waals surface area (Å²) in [5.41, 5.74) is 1.96. The predicted octanol–water partition coefficient (Wildman–Crippen LogP) is 2.02. The van der Waals surface area contributed by atoms with Crippen molar-refractivity contribution >= 4 is 38.5 Å². The minimum Gasteiger partial charge on any atom is -0.371 e. The molecule has 0 bridgehead atoms. The third-order valence-electron chi connectivity index (χ3n) is 6.68. The molecular weight excluding hydrogens is 428 g/mol. The van der Waals surface area contributed by atoms with E-state index in [2.05, 4.69) is 47.6 Å². The average Bonchev–Trinajstić information content (AvgIpc) is 3.38. The highest BCUT2D eigenvalue weighted by Gasteiger charge is 2.58. The van der Waals surface area contributed by atoms with E-state index in [4.69, 9.17) is 4.52 Å². The fourth-order valence-corrected chi connectivity index (χ4v) is 5.60. The molecule has 0 spiro atoms. The van der Waals surface area contributed by atoms with Gasteiger partial charge in [-0.1, -0.05) is 5.16 Å². The Bertz CT molecular complexity index is 1540. The van der Waals surface area contributed by atoms with Crippen LogP contribution in [0.5, 0.6) is 0 Å². The van der Waals surface area contributed by atoms with Gasteiger partial charge in [-0.25, -0.2) is 9.97 Å². The summed E-state index contributed by atoms with van der Waals surface area (Å²) in [5, 5.41) is 5.42. The van der Waals surface area contributed by atoms with Crippen LogP contribution in [-0.4, -0.2) is 46.7 Å². The Labute approximate surface area is 185 Å². The SMILES string of the molecule is Cn1cnc2ncn(Cc3nc(C4C5CN(c6ccc7sncc7c6)C[C@@H]54)no3)c(=O)c21. The molecule has 2 aliphatic rings. The number of piperidine rings is 1. The van der Waals surface area contributed by atoms with Crippen LogP contribution in [0.25, 0.3) is 21.3 Å². The second kappa shape index (κ2) is 6.45. The van der Waals surface area contributed by atoms with E-state index < -0.39 is 0 Å². The molecule has 0 N–H and O–H groups in total. The maximum absolute atomic E-state index is 12.7. The molecule has 4 aromatic heterocycles. The molecule has 1 saturated heterocycles. The Morgan fingerprint density at radius 1 is 1.19 bits per heavy atom. The summed E-state index contributed by atoms with van der Waals surface area (Å²) in [6.07, 6.45) is 4.99. The van der Waals surface area contributed by atoms with E-state index in [0.29, 0.717) is 34.8 Å². The lowest BCUT2D eigenvalue weighted by Crippen LogP contribution is -2.23. The molecule has 10 nitrogen and oxygen atoms in total. The van der Waals surface area contributed by atoms with Gasteiger partial charge in [-0.2, -0.15) is 9.36 Å². The number of hydrogen-bond acceptors (Lipinski definition) is 9. The van der Waals surface area contributed by atoms with Gasteiger partial charge in [0.05, 0.1) is 11.0 Å². The highest BCUT2D eigenvalue weighted by Crippen LogP contribution is 2.58. The van der Waals surface area contributed by atoms with E-state index in [0.717, 1.165) is 18.9 Å². The molecule has 7 rings (SSSR count). The second-order valence-corrected chi connectivity index (χ2v) is 9.39. The summed E-state index contributed by atoms with van der Waals surface area (Å²) in [6.45, 7) is 2.18. The molecule has 160 valence electrons. The number of imidazole rings is 1. The van der Waals surface area contributed by atoms with E-state index in [-0.39, 0.29) is 12.1 Å². The third kappa shape index (κ3) is 2.63. The molecule has 2 unspecified atom stereocenters. The van der Waals surface area contributed by atoms with Crippen molar-refractivity contribution in [3.8, 4) is 0 Å². The molecule has 32 heavy (non-hydrogen) atoms. The zero-order valence-corrected chi connectivity index (χ0v) is 17.9. The smallest absolute Gasteiger partial charge is 0.280 e. The number of aromatic nitrogens is 7. The van der Waals surface area contributed by atoms with Crippen LogP contribution < -0.4 is 10.5 Å². The summed E-state index contributed by atoms with van der Waals surface area (Å²) < 4.78 is 14.1. The number of fused-ring (bicyclic) bond motifs is 3. The quantitative estimate of drug-likeness (QED) is 0.413. The summed E-state index contributed by atoms with van der Waals surface area (Å²) in [4.78, 5) is 28.1. The topological polar surface area (TPSA) is 108 Å².